The zero-order valence-electron chi connectivity index (χ0n) is 6.38. The lowest BCUT2D eigenvalue weighted by atomic mass is 10.2. The van der Waals surface area contributed by atoms with Crippen molar-refractivity contribution in [3.8, 4) is 0 Å². The van der Waals surface area contributed by atoms with Crippen LogP contribution >= 0.6 is 0 Å². The second kappa shape index (κ2) is 4.04. The topological polar surface area (TPSA) is 12.4 Å². The van der Waals surface area contributed by atoms with Crippen LogP contribution in [0.15, 0.2) is 28.8 Å². The first kappa shape index (κ1) is 7.26. The summed E-state index contributed by atoms with van der Waals surface area (Å²) in [5.41, 5.74) is 1.25. The van der Waals surface area contributed by atoms with E-state index >= 15 is 0 Å². The van der Waals surface area contributed by atoms with Crippen LogP contribution in [0, 0.1) is 0 Å². The quantitative estimate of drug-likeness (QED) is 0.489. The average Bonchev–Trinajstić information content (AvgIpc) is 2.17. The predicted molar refractivity (Wildman–Crippen MR) is 45.5 cm³/mol. The number of hydrogen-bond donors (Lipinski definition) is 0. The molecule has 0 bridgehead atoms. The van der Waals surface area contributed by atoms with Crippen molar-refractivity contribution < 1.29 is 0 Å². The molecule has 0 heterocycles. The van der Waals surface area contributed by atoms with Gasteiger partial charge in [0.05, 0.1) is 0 Å². The maximum absolute atomic E-state index is 3.96. The smallest absolute Gasteiger partial charge is 0.0278 e. The van der Waals surface area contributed by atoms with E-state index < -0.39 is 0 Å². The minimum atomic E-state index is 1.19. The molecule has 0 amide bonds. The third-order valence-electron chi connectivity index (χ3n) is 1.54. The first-order valence-electron chi connectivity index (χ1n) is 3.72. The van der Waals surface area contributed by atoms with Gasteiger partial charge in [-0.3, -0.25) is 4.99 Å². The summed E-state index contributed by atoms with van der Waals surface area (Å²) >= 11 is 0. The molecule has 0 fully saturated rings. The molecule has 0 N–H and O–H groups in total. The van der Waals surface area contributed by atoms with E-state index in [2.05, 4.69) is 23.2 Å². The fourth-order valence-electron chi connectivity index (χ4n) is 1.04. The fraction of sp³-hybridized carbons (Fsp3) is 0.444. The first-order valence-corrected chi connectivity index (χ1v) is 3.72. The van der Waals surface area contributed by atoms with Gasteiger partial charge in [0.1, 0.15) is 0 Å². The molecule has 1 nitrogen and oxygen atoms in total. The minimum absolute atomic E-state index is 1.19. The third-order valence-corrected chi connectivity index (χ3v) is 1.54. The van der Waals surface area contributed by atoms with Crippen LogP contribution in [0.5, 0.6) is 0 Å². The van der Waals surface area contributed by atoms with Crippen LogP contribution in [0.1, 0.15) is 19.3 Å². The van der Waals surface area contributed by atoms with Crippen molar-refractivity contribution in [3.63, 3.8) is 0 Å². The zero-order chi connectivity index (χ0) is 7.23. The Morgan fingerprint density at radius 2 is 2.40 bits per heavy atom. The molecule has 0 atom stereocenters. The number of aliphatic imine (C=N–C) groups is 1. The van der Waals surface area contributed by atoms with E-state index in [-0.39, 0.29) is 0 Å². The van der Waals surface area contributed by atoms with Crippen LogP contribution in [0.25, 0.3) is 0 Å². The SMILES string of the molecule is CN=CC1=CCCCC=C1. The molecule has 0 saturated carbocycles. The predicted octanol–water partition coefficient (Wildman–Crippen LogP) is 2.35. The van der Waals surface area contributed by atoms with Gasteiger partial charge >= 0.3 is 0 Å². The lowest BCUT2D eigenvalue weighted by molar-refractivity contribution is 0.875. The van der Waals surface area contributed by atoms with Crippen molar-refractivity contribution in [3.05, 3.63) is 23.8 Å². The summed E-state index contributed by atoms with van der Waals surface area (Å²) in [6, 6.07) is 0. The van der Waals surface area contributed by atoms with Gasteiger partial charge in [-0.15, -0.1) is 0 Å². The maximum atomic E-state index is 3.96. The van der Waals surface area contributed by atoms with Crippen LogP contribution in [-0.2, 0) is 0 Å². The van der Waals surface area contributed by atoms with Crippen LogP contribution in [-0.4, -0.2) is 13.3 Å². The highest BCUT2D eigenvalue weighted by molar-refractivity contribution is 5.82. The Labute approximate surface area is 62.2 Å². The third kappa shape index (κ3) is 2.18. The highest BCUT2D eigenvalue weighted by atomic mass is 14.6. The van der Waals surface area contributed by atoms with Gasteiger partial charge in [0, 0.05) is 13.3 Å². The van der Waals surface area contributed by atoms with E-state index in [0.29, 0.717) is 0 Å². The van der Waals surface area contributed by atoms with Gasteiger partial charge in [0.25, 0.3) is 0 Å². The fourth-order valence-corrected chi connectivity index (χ4v) is 1.04. The molecule has 0 unspecified atom stereocenters. The van der Waals surface area contributed by atoms with Crippen molar-refractivity contribution in [2.24, 2.45) is 4.99 Å². The summed E-state index contributed by atoms with van der Waals surface area (Å²) in [7, 11) is 1.81. The monoisotopic (exact) mass is 135 g/mol. The molecule has 0 saturated heterocycles. The van der Waals surface area contributed by atoms with Crippen LogP contribution in [0.4, 0.5) is 0 Å². The Hall–Kier alpha value is -0.850. The molecule has 0 radical (unpaired) electrons. The number of allylic oxidation sites excluding steroid dienone is 4. The normalized spacial score (nSPS) is 19.1. The highest BCUT2D eigenvalue weighted by Gasteiger charge is 1.91. The van der Waals surface area contributed by atoms with E-state index in [9.17, 15) is 0 Å². The summed E-state index contributed by atoms with van der Waals surface area (Å²) in [4.78, 5) is 3.96. The maximum Gasteiger partial charge on any atom is 0.0278 e. The average molecular weight is 135 g/mol. The Kier molecular flexibility index (Phi) is 2.94. The van der Waals surface area contributed by atoms with Gasteiger partial charge < -0.3 is 0 Å². The van der Waals surface area contributed by atoms with Gasteiger partial charge in [-0.1, -0.05) is 18.2 Å². The molecule has 1 aliphatic carbocycles. The van der Waals surface area contributed by atoms with Crippen molar-refractivity contribution >= 4 is 6.21 Å². The number of rotatable bonds is 1. The first-order chi connectivity index (χ1) is 4.93. The Bertz CT molecular complexity index is 175. The number of hydrogen-bond acceptors (Lipinski definition) is 1. The summed E-state index contributed by atoms with van der Waals surface area (Å²) in [6.45, 7) is 0. The van der Waals surface area contributed by atoms with E-state index in [0.717, 1.165) is 0 Å². The van der Waals surface area contributed by atoms with Crippen LogP contribution in [0.3, 0.4) is 0 Å². The molecule has 10 heavy (non-hydrogen) atoms. The van der Waals surface area contributed by atoms with Crippen LogP contribution in [0.2, 0.25) is 0 Å². The van der Waals surface area contributed by atoms with Crippen molar-refractivity contribution in [2.45, 2.75) is 19.3 Å². The van der Waals surface area contributed by atoms with Gasteiger partial charge in [-0.25, -0.2) is 0 Å². The van der Waals surface area contributed by atoms with Gasteiger partial charge in [-0.2, -0.15) is 0 Å². The lowest BCUT2D eigenvalue weighted by Crippen LogP contribution is -1.77. The standard InChI is InChI=1S/C9H13N/c1-10-8-9-6-4-2-3-5-7-9/h4,6-8H,2-3,5H2,1H3. The molecule has 0 aliphatic heterocycles. The zero-order valence-corrected chi connectivity index (χ0v) is 6.38. The van der Waals surface area contributed by atoms with Gasteiger partial charge in [0.2, 0.25) is 0 Å². The van der Waals surface area contributed by atoms with Crippen molar-refractivity contribution in [1.29, 1.82) is 0 Å². The molecular weight excluding hydrogens is 122 g/mol. The molecule has 1 heteroatoms. The van der Waals surface area contributed by atoms with Crippen molar-refractivity contribution in [2.75, 3.05) is 7.05 Å². The largest absolute Gasteiger partial charge is 0.296 e. The lowest BCUT2D eigenvalue weighted by Gasteiger charge is -1.87. The van der Waals surface area contributed by atoms with E-state index in [1.54, 1.807) is 7.05 Å². The summed E-state index contributed by atoms with van der Waals surface area (Å²) in [6.07, 6.45) is 12.2. The molecule has 0 aromatic carbocycles. The molecular formula is C9H13N. The van der Waals surface area contributed by atoms with E-state index in [4.69, 9.17) is 0 Å². The summed E-state index contributed by atoms with van der Waals surface area (Å²) in [5, 5.41) is 0. The number of nitrogens with zero attached hydrogens (tertiary/aromatic N) is 1. The Morgan fingerprint density at radius 1 is 1.50 bits per heavy atom. The van der Waals surface area contributed by atoms with Crippen molar-refractivity contribution in [1.82, 2.24) is 0 Å². The molecule has 0 aromatic heterocycles. The molecule has 0 aromatic rings. The summed E-state index contributed by atoms with van der Waals surface area (Å²) < 4.78 is 0. The highest BCUT2D eigenvalue weighted by Crippen LogP contribution is 2.07. The minimum Gasteiger partial charge on any atom is -0.296 e. The molecule has 1 aliphatic rings. The van der Waals surface area contributed by atoms with E-state index in [1.165, 1.54) is 24.8 Å². The second-order valence-corrected chi connectivity index (χ2v) is 2.42. The Morgan fingerprint density at radius 3 is 3.20 bits per heavy atom. The van der Waals surface area contributed by atoms with E-state index in [1.807, 2.05) is 6.21 Å². The van der Waals surface area contributed by atoms with Gasteiger partial charge in [0.15, 0.2) is 0 Å². The van der Waals surface area contributed by atoms with Crippen LogP contribution < -0.4 is 0 Å². The molecule has 0 spiro atoms. The Balaban J connectivity index is 2.61. The summed E-state index contributed by atoms with van der Waals surface area (Å²) in [5.74, 6) is 0. The molecule has 54 valence electrons. The molecule has 1 rings (SSSR count). The second-order valence-electron chi connectivity index (χ2n) is 2.42. The van der Waals surface area contributed by atoms with Gasteiger partial charge in [-0.05, 0) is 24.8 Å².